The van der Waals surface area contributed by atoms with Crippen molar-refractivity contribution < 1.29 is 4.79 Å². The Balaban J connectivity index is 2.31. The summed E-state index contributed by atoms with van der Waals surface area (Å²) < 4.78 is 1.70. The number of hydrogen-bond donors (Lipinski definition) is 1. The highest BCUT2D eigenvalue weighted by Crippen LogP contribution is 2.09. The molecule has 2 aromatic rings. The summed E-state index contributed by atoms with van der Waals surface area (Å²) in [6.45, 7) is 2.72. The number of fused-ring (bicyclic) bond motifs is 1. The zero-order chi connectivity index (χ0) is 10.7. The van der Waals surface area contributed by atoms with Gasteiger partial charge >= 0.3 is 0 Å². The van der Waals surface area contributed by atoms with Crippen LogP contribution in [0.15, 0.2) is 30.6 Å². The summed E-state index contributed by atoms with van der Waals surface area (Å²) in [4.78, 5) is 11.7. The first-order valence-electron chi connectivity index (χ1n) is 5.03. The topological polar surface area (TPSA) is 46.4 Å². The Labute approximate surface area is 87.9 Å². The van der Waals surface area contributed by atoms with E-state index in [2.05, 4.69) is 10.4 Å². The van der Waals surface area contributed by atoms with E-state index in [0.29, 0.717) is 12.1 Å². The van der Waals surface area contributed by atoms with Crippen LogP contribution >= 0.6 is 0 Å². The summed E-state index contributed by atoms with van der Waals surface area (Å²) in [5.41, 5.74) is 1.47. The quantitative estimate of drug-likeness (QED) is 0.821. The number of nitrogens with one attached hydrogen (secondary N) is 1. The Morgan fingerprint density at radius 1 is 1.53 bits per heavy atom. The zero-order valence-corrected chi connectivity index (χ0v) is 8.60. The van der Waals surface area contributed by atoms with Crippen molar-refractivity contribution in [1.82, 2.24) is 14.9 Å². The molecule has 0 atom stereocenters. The molecule has 0 spiro atoms. The number of hydrogen-bond acceptors (Lipinski definition) is 2. The molecular weight excluding hydrogens is 190 g/mol. The second-order valence-electron chi connectivity index (χ2n) is 3.34. The maximum absolute atomic E-state index is 11.7. The second-order valence-corrected chi connectivity index (χ2v) is 3.34. The normalized spacial score (nSPS) is 10.5. The fourth-order valence-electron chi connectivity index (χ4n) is 1.44. The Bertz CT molecular complexity index is 475. The van der Waals surface area contributed by atoms with Crippen LogP contribution in [0.3, 0.4) is 0 Å². The molecule has 0 aliphatic heterocycles. The van der Waals surface area contributed by atoms with Crippen molar-refractivity contribution in [3.63, 3.8) is 0 Å². The van der Waals surface area contributed by atoms with Crippen LogP contribution in [-0.4, -0.2) is 22.1 Å². The summed E-state index contributed by atoms with van der Waals surface area (Å²) in [5.74, 6) is -0.0574. The van der Waals surface area contributed by atoms with Crippen molar-refractivity contribution in [2.45, 2.75) is 13.3 Å². The lowest BCUT2D eigenvalue weighted by Crippen LogP contribution is -2.23. The Morgan fingerprint density at radius 3 is 3.20 bits per heavy atom. The van der Waals surface area contributed by atoms with Gasteiger partial charge in [-0.1, -0.05) is 13.0 Å². The summed E-state index contributed by atoms with van der Waals surface area (Å²) >= 11 is 0. The van der Waals surface area contributed by atoms with Crippen LogP contribution < -0.4 is 5.32 Å². The molecule has 2 heterocycles. The Kier molecular flexibility index (Phi) is 2.67. The average Bonchev–Trinajstić information content (AvgIpc) is 2.69. The molecule has 0 aliphatic rings. The Hall–Kier alpha value is -1.84. The predicted octanol–water partition coefficient (Wildman–Crippen LogP) is 1.47. The molecule has 0 bridgehead atoms. The van der Waals surface area contributed by atoms with Crippen LogP contribution in [0.25, 0.3) is 5.52 Å². The van der Waals surface area contributed by atoms with Gasteiger partial charge in [-0.3, -0.25) is 4.79 Å². The fourth-order valence-corrected chi connectivity index (χ4v) is 1.44. The zero-order valence-electron chi connectivity index (χ0n) is 8.60. The first-order chi connectivity index (χ1) is 7.33. The maximum atomic E-state index is 11.7. The van der Waals surface area contributed by atoms with Gasteiger partial charge in [-0.05, 0) is 18.6 Å². The van der Waals surface area contributed by atoms with Crippen LogP contribution in [0.2, 0.25) is 0 Å². The fraction of sp³-hybridized carbons (Fsp3) is 0.273. The van der Waals surface area contributed by atoms with Gasteiger partial charge in [-0.15, -0.1) is 0 Å². The SMILES string of the molecule is CCCNC(=O)c1cnn2ccccc12. The number of carbonyl (C=O) groups excluding carboxylic acids is 1. The maximum Gasteiger partial charge on any atom is 0.255 e. The third-order valence-corrected chi connectivity index (χ3v) is 2.21. The molecule has 4 nitrogen and oxygen atoms in total. The van der Waals surface area contributed by atoms with E-state index in [-0.39, 0.29) is 5.91 Å². The van der Waals surface area contributed by atoms with Crippen molar-refractivity contribution in [2.75, 3.05) is 6.54 Å². The lowest BCUT2D eigenvalue weighted by atomic mass is 10.2. The molecule has 0 radical (unpaired) electrons. The minimum absolute atomic E-state index is 0.0574. The third-order valence-electron chi connectivity index (χ3n) is 2.21. The van der Waals surface area contributed by atoms with E-state index in [0.717, 1.165) is 11.9 Å². The molecule has 1 N–H and O–H groups in total. The van der Waals surface area contributed by atoms with Crippen molar-refractivity contribution in [3.8, 4) is 0 Å². The predicted molar refractivity (Wildman–Crippen MR) is 57.8 cm³/mol. The van der Waals surface area contributed by atoms with Gasteiger partial charge in [-0.25, -0.2) is 4.52 Å². The molecule has 0 saturated heterocycles. The van der Waals surface area contributed by atoms with Crippen LogP contribution in [0, 0.1) is 0 Å². The van der Waals surface area contributed by atoms with Crippen molar-refractivity contribution in [1.29, 1.82) is 0 Å². The van der Waals surface area contributed by atoms with Crippen LogP contribution in [0.5, 0.6) is 0 Å². The van der Waals surface area contributed by atoms with Gasteiger partial charge in [0, 0.05) is 12.7 Å². The van der Waals surface area contributed by atoms with E-state index in [1.165, 1.54) is 0 Å². The number of nitrogens with zero attached hydrogens (tertiary/aromatic N) is 2. The molecule has 1 amide bonds. The van der Waals surface area contributed by atoms with Gasteiger partial charge in [0.05, 0.1) is 17.3 Å². The van der Waals surface area contributed by atoms with Crippen molar-refractivity contribution in [3.05, 3.63) is 36.2 Å². The van der Waals surface area contributed by atoms with E-state index >= 15 is 0 Å². The van der Waals surface area contributed by atoms with Gasteiger partial charge in [-0.2, -0.15) is 5.10 Å². The summed E-state index contributed by atoms with van der Waals surface area (Å²) in [7, 11) is 0. The highest BCUT2D eigenvalue weighted by atomic mass is 16.1. The number of rotatable bonds is 3. The number of aromatic nitrogens is 2. The highest BCUT2D eigenvalue weighted by molar-refractivity contribution is 6.00. The van der Waals surface area contributed by atoms with Gasteiger partial charge < -0.3 is 5.32 Å². The van der Waals surface area contributed by atoms with E-state index in [4.69, 9.17) is 0 Å². The summed E-state index contributed by atoms with van der Waals surface area (Å²) in [6, 6.07) is 5.66. The summed E-state index contributed by atoms with van der Waals surface area (Å²) in [6.07, 6.45) is 4.36. The molecule has 0 aliphatic carbocycles. The lowest BCUT2D eigenvalue weighted by molar-refractivity contribution is 0.0955. The monoisotopic (exact) mass is 203 g/mol. The van der Waals surface area contributed by atoms with Gasteiger partial charge in [0.2, 0.25) is 0 Å². The molecule has 2 aromatic heterocycles. The first-order valence-corrected chi connectivity index (χ1v) is 5.03. The number of carbonyl (C=O) groups is 1. The molecule has 0 aromatic carbocycles. The van der Waals surface area contributed by atoms with E-state index < -0.39 is 0 Å². The lowest BCUT2D eigenvalue weighted by Gasteiger charge is -2.00. The summed E-state index contributed by atoms with van der Waals surface area (Å²) in [5, 5.41) is 6.94. The molecule has 2 rings (SSSR count). The van der Waals surface area contributed by atoms with Crippen LogP contribution in [-0.2, 0) is 0 Å². The molecule has 78 valence electrons. The van der Waals surface area contributed by atoms with Gasteiger partial charge in [0.15, 0.2) is 0 Å². The molecule has 15 heavy (non-hydrogen) atoms. The Morgan fingerprint density at radius 2 is 2.40 bits per heavy atom. The molecule has 0 saturated carbocycles. The minimum atomic E-state index is -0.0574. The average molecular weight is 203 g/mol. The van der Waals surface area contributed by atoms with E-state index in [1.807, 2.05) is 31.3 Å². The van der Waals surface area contributed by atoms with Gasteiger partial charge in [0.1, 0.15) is 0 Å². The molecule has 0 unspecified atom stereocenters. The molecule has 0 fully saturated rings. The minimum Gasteiger partial charge on any atom is -0.352 e. The smallest absolute Gasteiger partial charge is 0.255 e. The second kappa shape index (κ2) is 4.13. The van der Waals surface area contributed by atoms with E-state index in [9.17, 15) is 4.79 Å². The standard InChI is InChI=1S/C11H13N3O/c1-2-6-12-11(15)9-8-13-14-7-4-3-5-10(9)14/h3-5,7-8H,2,6H2,1H3,(H,12,15). The highest BCUT2D eigenvalue weighted by Gasteiger charge is 2.10. The van der Waals surface area contributed by atoms with E-state index in [1.54, 1.807) is 10.7 Å². The van der Waals surface area contributed by atoms with Crippen LogP contribution in [0.1, 0.15) is 23.7 Å². The third kappa shape index (κ3) is 1.83. The van der Waals surface area contributed by atoms with Gasteiger partial charge in [0.25, 0.3) is 5.91 Å². The largest absolute Gasteiger partial charge is 0.352 e. The van der Waals surface area contributed by atoms with Crippen molar-refractivity contribution >= 4 is 11.4 Å². The van der Waals surface area contributed by atoms with Crippen LogP contribution in [0.4, 0.5) is 0 Å². The number of amides is 1. The van der Waals surface area contributed by atoms with Crippen molar-refractivity contribution in [2.24, 2.45) is 0 Å². The molecular formula is C11H13N3O. The molecule has 4 heteroatoms. The number of pyridine rings is 1. The first kappa shape index (κ1) is 9.71.